The van der Waals surface area contributed by atoms with Crippen LogP contribution in [0.3, 0.4) is 0 Å². The first kappa shape index (κ1) is 34.0. The predicted octanol–water partition coefficient (Wildman–Crippen LogP) is 3.40. The maximum Gasteiger partial charge on any atom is 0.261 e. The number of benzene rings is 3. The molecule has 246 valence electrons. The van der Waals surface area contributed by atoms with E-state index in [0.717, 1.165) is 11.1 Å². The molecule has 47 heavy (non-hydrogen) atoms. The Kier molecular flexibility index (Phi) is 11.6. The number of carbonyl (C=O) groups is 5. The summed E-state index contributed by atoms with van der Waals surface area (Å²) in [5, 5.41) is 5.69. The third-order valence-corrected chi connectivity index (χ3v) is 9.57. The first-order valence-electron chi connectivity index (χ1n) is 16.0. The number of nitrogens with zero attached hydrogens (tertiary/aromatic N) is 3. The molecule has 0 spiro atoms. The number of fused-ring (bicyclic) bond motifs is 1. The molecular formula is C36H40BrN5O5. The van der Waals surface area contributed by atoms with Crippen molar-refractivity contribution in [1.29, 1.82) is 0 Å². The van der Waals surface area contributed by atoms with Gasteiger partial charge in [0.2, 0.25) is 17.7 Å². The smallest absolute Gasteiger partial charge is 0.261 e. The van der Waals surface area contributed by atoms with Gasteiger partial charge in [0, 0.05) is 46.2 Å². The first-order chi connectivity index (χ1) is 22.8. The molecular weight excluding hydrogens is 662 g/mol. The third kappa shape index (κ3) is 8.33. The fourth-order valence-electron chi connectivity index (χ4n) is 6.17. The summed E-state index contributed by atoms with van der Waals surface area (Å²) in [5.41, 5.74) is 2.85. The summed E-state index contributed by atoms with van der Waals surface area (Å²) in [6.45, 7) is 2.01. The number of unbranched alkanes of at least 4 members (excludes halogenated alkanes) is 1. The summed E-state index contributed by atoms with van der Waals surface area (Å²) >= 11 is 3.50. The van der Waals surface area contributed by atoms with Crippen molar-refractivity contribution >= 4 is 45.5 Å². The van der Waals surface area contributed by atoms with Gasteiger partial charge in [-0.1, -0.05) is 95.1 Å². The molecule has 2 aliphatic heterocycles. The second-order valence-corrected chi connectivity index (χ2v) is 13.0. The van der Waals surface area contributed by atoms with Gasteiger partial charge >= 0.3 is 0 Å². The van der Waals surface area contributed by atoms with Crippen LogP contribution >= 0.6 is 15.9 Å². The molecule has 3 atom stereocenters. The van der Waals surface area contributed by atoms with Crippen LogP contribution in [0.1, 0.15) is 51.1 Å². The molecule has 2 N–H and O–H groups in total. The SMILES string of the molecule is CNC(=O)[C@H](Cc1ccccc1)N1CCN(Cc2ccccc2)CC(NC(=O)C(Br)CCCCN2C(=O)c3ccccc3C2=O)C1=O. The minimum absolute atomic E-state index is 0.264. The van der Waals surface area contributed by atoms with Gasteiger partial charge in [0.25, 0.3) is 11.8 Å². The number of halogens is 1. The number of imide groups is 1. The van der Waals surface area contributed by atoms with Crippen LogP contribution in [-0.2, 0) is 27.3 Å². The maximum atomic E-state index is 14.1. The molecule has 10 nitrogen and oxygen atoms in total. The van der Waals surface area contributed by atoms with Crippen molar-refractivity contribution in [3.8, 4) is 0 Å². The number of hydrogen-bond acceptors (Lipinski definition) is 6. The Balaban J connectivity index is 1.24. The van der Waals surface area contributed by atoms with Gasteiger partial charge in [-0.25, -0.2) is 0 Å². The summed E-state index contributed by atoms with van der Waals surface area (Å²) in [6.07, 6.45) is 1.91. The number of hydrogen-bond donors (Lipinski definition) is 2. The summed E-state index contributed by atoms with van der Waals surface area (Å²) in [6, 6.07) is 24.7. The van der Waals surface area contributed by atoms with E-state index in [2.05, 4.69) is 31.5 Å². The molecule has 2 heterocycles. The molecule has 0 radical (unpaired) electrons. The lowest BCUT2D eigenvalue weighted by Gasteiger charge is -2.31. The molecule has 1 fully saturated rings. The van der Waals surface area contributed by atoms with Crippen molar-refractivity contribution in [2.45, 2.75) is 49.1 Å². The molecule has 2 aliphatic rings. The Hall–Kier alpha value is -4.35. The Morgan fingerprint density at radius 1 is 0.809 bits per heavy atom. The van der Waals surface area contributed by atoms with E-state index in [1.165, 1.54) is 4.90 Å². The van der Waals surface area contributed by atoms with Crippen molar-refractivity contribution in [1.82, 2.24) is 25.3 Å². The molecule has 0 saturated carbocycles. The predicted molar refractivity (Wildman–Crippen MR) is 182 cm³/mol. The second-order valence-electron chi connectivity index (χ2n) is 11.9. The lowest BCUT2D eigenvalue weighted by molar-refractivity contribution is -0.142. The van der Waals surface area contributed by atoms with Crippen LogP contribution in [0.5, 0.6) is 0 Å². The highest BCUT2D eigenvalue weighted by atomic mass is 79.9. The van der Waals surface area contributed by atoms with E-state index in [1.807, 2.05) is 60.7 Å². The Morgan fingerprint density at radius 2 is 1.40 bits per heavy atom. The van der Waals surface area contributed by atoms with E-state index < -0.39 is 16.9 Å². The van der Waals surface area contributed by atoms with E-state index in [4.69, 9.17) is 0 Å². The summed E-state index contributed by atoms with van der Waals surface area (Å²) in [7, 11) is 1.56. The van der Waals surface area contributed by atoms with Crippen LogP contribution in [0.25, 0.3) is 0 Å². The molecule has 1 saturated heterocycles. The summed E-state index contributed by atoms with van der Waals surface area (Å²) in [5.74, 6) is -1.48. The van der Waals surface area contributed by atoms with E-state index in [9.17, 15) is 24.0 Å². The van der Waals surface area contributed by atoms with Gasteiger partial charge in [-0.15, -0.1) is 0 Å². The van der Waals surface area contributed by atoms with Gasteiger partial charge in [0.05, 0.1) is 16.0 Å². The Labute approximate surface area is 283 Å². The maximum absolute atomic E-state index is 14.1. The zero-order valence-corrected chi connectivity index (χ0v) is 28.0. The highest BCUT2D eigenvalue weighted by Gasteiger charge is 2.38. The summed E-state index contributed by atoms with van der Waals surface area (Å²) in [4.78, 5) is 70.5. The lowest BCUT2D eigenvalue weighted by atomic mass is 10.0. The van der Waals surface area contributed by atoms with Crippen molar-refractivity contribution in [2.24, 2.45) is 0 Å². The van der Waals surface area contributed by atoms with E-state index in [0.29, 0.717) is 63.0 Å². The number of amides is 5. The van der Waals surface area contributed by atoms with Crippen LogP contribution in [0, 0.1) is 0 Å². The van der Waals surface area contributed by atoms with Crippen molar-refractivity contribution in [3.05, 3.63) is 107 Å². The summed E-state index contributed by atoms with van der Waals surface area (Å²) < 4.78 is 0. The molecule has 5 amide bonds. The van der Waals surface area contributed by atoms with Crippen LogP contribution < -0.4 is 10.6 Å². The van der Waals surface area contributed by atoms with Gasteiger partial charge in [-0.3, -0.25) is 33.8 Å². The molecule has 3 aromatic carbocycles. The van der Waals surface area contributed by atoms with Crippen LogP contribution in [0.2, 0.25) is 0 Å². The van der Waals surface area contributed by atoms with E-state index in [1.54, 1.807) is 36.2 Å². The third-order valence-electron chi connectivity index (χ3n) is 8.69. The average molecular weight is 703 g/mol. The van der Waals surface area contributed by atoms with Gasteiger partial charge < -0.3 is 15.5 Å². The fraction of sp³-hybridized carbons (Fsp3) is 0.361. The largest absolute Gasteiger partial charge is 0.357 e. The molecule has 11 heteroatoms. The average Bonchev–Trinajstić information content (AvgIpc) is 3.23. The minimum Gasteiger partial charge on any atom is -0.357 e. The molecule has 3 aromatic rings. The van der Waals surface area contributed by atoms with Gasteiger partial charge in [0.1, 0.15) is 12.1 Å². The molecule has 0 aliphatic carbocycles. The number of nitrogens with one attached hydrogen (secondary N) is 2. The number of alkyl halides is 1. The quantitative estimate of drug-likeness (QED) is 0.160. The molecule has 0 aromatic heterocycles. The van der Waals surface area contributed by atoms with Gasteiger partial charge in [-0.05, 0) is 36.1 Å². The standard InChI is InChI=1S/C36H40BrN5O5/c1-38-33(44)31(22-25-12-4-2-5-13-25)41-21-20-40(23-26-14-6-3-7-15-26)24-30(36(41)47)39-32(43)29(37)18-10-11-19-42-34(45)27-16-8-9-17-28(27)35(42)46/h2-9,12-17,29-31H,10-11,18-24H2,1H3,(H,38,44)(H,39,43)/t29?,30?,31-/m0/s1. The highest BCUT2D eigenvalue weighted by molar-refractivity contribution is 9.10. The molecule has 5 rings (SSSR count). The fourth-order valence-corrected chi connectivity index (χ4v) is 6.62. The van der Waals surface area contributed by atoms with Gasteiger partial charge in [-0.2, -0.15) is 0 Å². The highest BCUT2D eigenvalue weighted by Crippen LogP contribution is 2.23. The number of likely N-dealkylation sites (N-methyl/N-ethyl adjacent to an activating group) is 1. The molecule has 2 unspecified atom stereocenters. The van der Waals surface area contributed by atoms with Crippen LogP contribution in [-0.4, -0.2) is 94.4 Å². The van der Waals surface area contributed by atoms with Crippen molar-refractivity contribution in [2.75, 3.05) is 33.2 Å². The Bertz CT molecular complexity index is 1550. The number of carbonyl (C=O) groups excluding carboxylic acids is 5. The first-order valence-corrected chi connectivity index (χ1v) is 16.9. The minimum atomic E-state index is -0.866. The lowest BCUT2D eigenvalue weighted by Crippen LogP contribution is -2.57. The zero-order chi connectivity index (χ0) is 33.3. The number of rotatable bonds is 13. The van der Waals surface area contributed by atoms with E-state index >= 15 is 0 Å². The van der Waals surface area contributed by atoms with Gasteiger partial charge in [0.15, 0.2) is 0 Å². The Morgan fingerprint density at radius 3 is 2.02 bits per heavy atom. The van der Waals surface area contributed by atoms with Crippen molar-refractivity contribution in [3.63, 3.8) is 0 Å². The zero-order valence-electron chi connectivity index (χ0n) is 26.4. The van der Waals surface area contributed by atoms with Crippen LogP contribution in [0.4, 0.5) is 0 Å². The molecule has 0 bridgehead atoms. The monoisotopic (exact) mass is 701 g/mol. The topological polar surface area (TPSA) is 119 Å². The normalized spacial score (nSPS) is 18.0. The van der Waals surface area contributed by atoms with Crippen molar-refractivity contribution < 1.29 is 24.0 Å². The van der Waals surface area contributed by atoms with E-state index in [-0.39, 0.29) is 36.1 Å². The second kappa shape index (κ2) is 16.0. The van der Waals surface area contributed by atoms with Crippen LogP contribution in [0.15, 0.2) is 84.9 Å².